The molecule has 2 unspecified atom stereocenters. The fourth-order valence-electron chi connectivity index (χ4n) is 5.93. The first kappa shape index (κ1) is 28.8. The number of hydrogen-bond acceptors (Lipinski definition) is 8. The summed E-state index contributed by atoms with van der Waals surface area (Å²) in [4.78, 5) is 33.2. The van der Waals surface area contributed by atoms with Crippen molar-refractivity contribution in [3.8, 4) is 21.9 Å². The second-order valence-electron chi connectivity index (χ2n) is 10.7. The minimum atomic E-state index is -3.93. The van der Waals surface area contributed by atoms with Gasteiger partial charge in [-0.3, -0.25) is 9.59 Å². The predicted octanol–water partition coefficient (Wildman–Crippen LogP) is 2.79. The molecular weight excluding hydrogens is 552 g/mol. The van der Waals surface area contributed by atoms with Gasteiger partial charge in [-0.05, 0) is 87.5 Å². The molecule has 3 aliphatic heterocycles. The number of rotatable bonds is 10. The number of nitrogens with zero attached hydrogens (tertiary/aromatic N) is 3. The maximum absolute atomic E-state index is 13.3. The Balaban J connectivity index is 1.22. The monoisotopic (exact) mass is 590 g/mol. The van der Waals surface area contributed by atoms with Crippen LogP contribution in [0.1, 0.15) is 38.5 Å². The highest BCUT2D eigenvalue weighted by Crippen LogP contribution is 2.36. The summed E-state index contributed by atoms with van der Waals surface area (Å²) in [5, 5.41) is 0. The van der Waals surface area contributed by atoms with Crippen molar-refractivity contribution < 1.29 is 27.5 Å². The molecule has 40 heavy (non-hydrogen) atoms. The van der Waals surface area contributed by atoms with E-state index in [4.69, 9.17) is 9.47 Å². The summed E-state index contributed by atoms with van der Waals surface area (Å²) in [7, 11) is -0.830. The largest absolute Gasteiger partial charge is 0.493 e. The van der Waals surface area contributed by atoms with Crippen LogP contribution in [0.3, 0.4) is 0 Å². The Morgan fingerprint density at radius 1 is 0.975 bits per heavy atom. The predicted molar refractivity (Wildman–Crippen MR) is 153 cm³/mol. The Morgan fingerprint density at radius 2 is 1.73 bits per heavy atom. The topological polar surface area (TPSA) is 108 Å². The summed E-state index contributed by atoms with van der Waals surface area (Å²) in [5.41, 5.74) is 0.799. The van der Waals surface area contributed by atoms with E-state index in [-0.39, 0.29) is 28.6 Å². The Bertz CT molecular complexity index is 1320. The molecule has 218 valence electrons. The summed E-state index contributed by atoms with van der Waals surface area (Å²) in [5.74, 6) is 0.754. The fraction of sp³-hybridized carbons (Fsp3) is 0.571. The van der Waals surface area contributed by atoms with E-state index in [0.717, 1.165) is 60.8 Å². The Kier molecular flexibility index (Phi) is 8.98. The molecule has 1 N–H and O–H groups in total. The molecule has 3 aliphatic rings. The lowest BCUT2D eigenvalue weighted by molar-refractivity contribution is -0.143. The number of ether oxygens (including phenoxy) is 2. The molecule has 3 fully saturated rings. The molecule has 2 amide bonds. The number of carbonyl (C=O) groups excluding carboxylic acids is 2. The first-order valence-corrected chi connectivity index (χ1v) is 16.2. The van der Waals surface area contributed by atoms with Crippen LogP contribution in [-0.4, -0.2) is 101 Å². The highest BCUT2D eigenvalue weighted by molar-refractivity contribution is 7.91. The average molecular weight is 591 g/mol. The first-order chi connectivity index (χ1) is 19.3. The lowest BCUT2D eigenvalue weighted by Crippen LogP contribution is -2.55. The maximum Gasteiger partial charge on any atom is 0.250 e. The summed E-state index contributed by atoms with van der Waals surface area (Å²) in [6, 6.07) is 7.99. The van der Waals surface area contributed by atoms with Gasteiger partial charge in [-0.15, -0.1) is 11.3 Å². The van der Waals surface area contributed by atoms with Crippen LogP contribution in [0.25, 0.3) is 10.4 Å². The number of nitrogens with one attached hydrogen (secondary N) is 1. The molecule has 2 aromatic rings. The van der Waals surface area contributed by atoms with Crippen LogP contribution in [-0.2, 0) is 19.6 Å². The molecule has 10 nitrogen and oxygen atoms in total. The number of sulfonamides is 1. The number of amides is 2. The standard InChI is InChI=1S/C28H38N4O6S2/c1-37-23-10-9-20(17-24(23)38-2)25-11-12-27(39-25)40(35,36)29-22-8-6-15-31(28(22)34)19-26(33)32-16-5-7-21(32)18-30-13-3-4-14-30/h9-12,17,21-22,29H,3-8,13-16,18-19H2,1-2H3. The second kappa shape index (κ2) is 12.5. The molecule has 0 aliphatic carbocycles. The lowest BCUT2D eigenvalue weighted by Gasteiger charge is -2.34. The van der Waals surface area contributed by atoms with Crippen LogP contribution in [0.5, 0.6) is 11.5 Å². The van der Waals surface area contributed by atoms with Crippen LogP contribution >= 0.6 is 11.3 Å². The van der Waals surface area contributed by atoms with Crippen LogP contribution in [0, 0.1) is 0 Å². The molecule has 3 saturated heterocycles. The molecule has 2 atom stereocenters. The van der Waals surface area contributed by atoms with Gasteiger partial charge < -0.3 is 24.2 Å². The van der Waals surface area contributed by atoms with Gasteiger partial charge in [-0.2, -0.15) is 4.72 Å². The molecule has 1 aromatic carbocycles. The third kappa shape index (κ3) is 6.29. The van der Waals surface area contributed by atoms with Crippen molar-refractivity contribution in [2.45, 2.75) is 54.8 Å². The van der Waals surface area contributed by atoms with Gasteiger partial charge in [0.2, 0.25) is 11.8 Å². The molecule has 0 bridgehead atoms. The third-order valence-electron chi connectivity index (χ3n) is 8.03. The molecule has 5 rings (SSSR count). The minimum absolute atomic E-state index is 0.00395. The summed E-state index contributed by atoms with van der Waals surface area (Å²) in [6.07, 6.45) is 5.42. The van der Waals surface area contributed by atoms with Crippen LogP contribution in [0.4, 0.5) is 0 Å². The van der Waals surface area contributed by atoms with E-state index in [1.165, 1.54) is 17.7 Å². The van der Waals surface area contributed by atoms with Crippen molar-refractivity contribution in [3.63, 3.8) is 0 Å². The zero-order chi connectivity index (χ0) is 28.3. The van der Waals surface area contributed by atoms with E-state index < -0.39 is 16.1 Å². The number of hydrogen-bond donors (Lipinski definition) is 1. The average Bonchev–Trinajstić information content (AvgIpc) is 3.73. The van der Waals surface area contributed by atoms with E-state index in [9.17, 15) is 18.0 Å². The smallest absolute Gasteiger partial charge is 0.250 e. The SMILES string of the molecule is COc1ccc(-c2ccc(S(=O)(=O)NC3CCCN(CC(=O)N4CCCC4CN4CCCC4)C3=O)s2)cc1OC. The Labute approximate surface area is 240 Å². The van der Waals surface area contributed by atoms with Gasteiger partial charge in [0.15, 0.2) is 11.5 Å². The number of carbonyl (C=O) groups is 2. The summed E-state index contributed by atoms with van der Waals surface area (Å²) >= 11 is 1.12. The van der Waals surface area contributed by atoms with Crippen molar-refractivity contribution in [2.24, 2.45) is 0 Å². The summed E-state index contributed by atoms with van der Waals surface area (Å²) < 4.78 is 39.9. The molecule has 4 heterocycles. The van der Waals surface area contributed by atoms with Crippen LogP contribution in [0.15, 0.2) is 34.5 Å². The lowest BCUT2D eigenvalue weighted by atomic mass is 10.1. The number of methoxy groups -OCH3 is 2. The Morgan fingerprint density at radius 3 is 2.48 bits per heavy atom. The van der Waals surface area contributed by atoms with Crippen molar-refractivity contribution in [2.75, 3.05) is 53.5 Å². The van der Waals surface area contributed by atoms with Gasteiger partial charge in [0.1, 0.15) is 10.3 Å². The van der Waals surface area contributed by atoms with E-state index in [0.29, 0.717) is 30.9 Å². The third-order valence-corrected chi connectivity index (χ3v) is 11.1. The zero-order valence-electron chi connectivity index (χ0n) is 23.1. The number of likely N-dealkylation sites (tertiary alicyclic amines) is 3. The van der Waals surface area contributed by atoms with E-state index in [2.05, 4.69) is 9.62 Å². The molecule has 0 radical (unpaired) electrons. The van der Waals surface area contributed by atoms with Gasteiger partial charge in [0.25, 0.3) is 10.0 Å². The molecule has 0 spiro atoms. The highest BCUT2D eigenvalue weighted by atomic mass is 32.2. The van der Waals surface area contributed by atoms with Crippen LogP contribution in [0.2, 0.25) is 0 Å². The van der Waals surface area contributed by atoms with E-state index in [1.807, 2.05) is 11.0 Å². The van der Waals surface area contributed by atoms with Crippen molar-refractivity contribution in [3.05, 3.63) is 30.3 Å². The van der Waals surface area contributed by atoms with Crippen molar-refractivity contribution in [1.29, 1.82) is 0 Å². The van der Waals surface area contributed by atoms with E-state index >= 15 is 0 Å². The van der Waals surface area contributed by atoms with Gasteiger partial charge >= 0.3 is 0 Å². The zero-order valence-corrected chi connectivity index (χ0v) is 24.8. The van der Waals surface area contributed by atoms with Gasteiger partial charge in [0.05, 0.1) is 20.8 Å². The molecular formula is C28H38N4O6S2. The van der Waals surface area contributed by atoms with Gasteiger partial charge in [0, 0.05) is 30.6 Å². The minimum Gasteiger partial charge on any atom is -0.493 e. The number of benzene rings is 1. The number of thiophene rings is 1. The van der Waals surface area contributed by atoms with E-state index in [1.54, 1.807) is 38.5 Å². The summed E-state index contributed by atoms with van der Waals surface area (Å²) in [6.45, 7) is 4.24. The maximum atomic E-state index is 13.3. The Hall–Kier alpha value is -2.67. The first-order valence-electron chi connectivity index (χ1n) is 13.9. The normalized spacial score (nSPS) is 22.2. The number of piperidine rings is 1. The van der Waals surface area contributed by atoms with Gasteiger partial charge in [-0.1, -0.05) is 0 Å². The quantitative estimate of drug-likeness (QED) is 0.453. The van der Waals surface area contributed by atoms with Gasteiger partial charge in [-0.25, -0.2) is 8.42 Å². The van der Waals surface area contributed by atoms with Crippen LogP contribution < -0.4 is 14.2 Å². The molecule has 1 aromatic heterocycles. The molecule has 0 saturated carbocycles. The fourth-order valence-corrected chi connectivity index (χ4v) is 8.48. The highest BCUT2D eigenvalue weighted by Gasteiger charge is 2.36. The van der Waals surface area contributed by atoms with Crippen molar-refractivity contribution in [1.82, 2.24) is 19.4 Å². The molecule has 12 heteroatoms. The second-order valence-corrected chi connectivity index (χ2v) is 13.7. The van der Waals surface area contributed by atoms with Crippen molar-refractivity contribution >= 4 is 33.2 Å².